The Kier molecular flexibility index (Phi) is 7.79. The fraction of sp³-hybridized carbons (Fsp3) is 0.350. The van der Waals surface area contributed by atoms with Gasteiger partial charge in [0.05, 0.1) is 12.2 Å². The van der Waals surface area contributed by atoms with E-state index in [-0.39, 0.29) is 25.2 Å². The molecular weight excluding hydrogens is 444 g/mol. The van der Waals surface area contributed by atoms with Crippen molar-refractivity contribution < 1.29 is 44.8 Å². The Morgan fingerprint density at radius 3 is 2.32 bits per heavy atom. The number of rotatable bonds is 11. The highest BCUT2D eigenvalue weighted by molar-refractivity contribution is 7.86. The number of hydrogen-bond donors (Lipinski definition) is 0. The number of esters is 1. The van der Waals surface area contributed by atoms with Gasteiger partial charge in [-0.05, 0) is 35.7 Å². The van der Waals surface area contributed by atoms with E-state index in [1.807, 2.05) is 24.3 Å². The van der Waals surface area contributed by atoms with Crippen molar-refractivity contribution in [3.05, 3.63) is 54.6 Å². The van der Waals surface area contributed by atoms with Crippen molar-refractivity contribution in [2.75, 3.05) is 13.2 Å². The molecule has 0 spiro atoms. The second kappa shape index (κ2) is 9.75. The summed E-state index contributed by atoms with van der Waals surface area (Å²) in [6, 6.07) is 12.5. The van der Waals surface area contributed by atoms with E-state index in [0.29, 0.717) is 5.75 Å². The van der Waals surface area contributed by atoms with Crippen LogP contribution in [0.1, 0.15) is 19.3 Å². The van der Waals surface area contributed by atoms with E-state index in [0.717, 1.165) is 10.8 Å². The lowest BCUT2D eigenvalue weighted by atomic mass is 10.1. The molecule has 170 valence electrons. The molecule has 0 heterocycles. The van der Waals surface area contributed by atoms with Crippen molar-refractivity contribution in [2.24, 2.45) is 0 Å². The first kappa shape index (κ1) is 24.8. The average molecular weight is 463 g/mol. The first-order valence-corrected chi connectivity index (χ1v) is 10.4. The second-order valence-corrected chi connectivity index (χ2v) is 8.11. The summed E-state index contributed by atoms with van der Waals surface area (Å²) in [5.74, 6) is -5.47. The number of fused-ring (bicyclic) bond motifs is 1. The van der Waals surface area contributed by atoms with E-state index in [1.54, 1.807) is 18.2 Å². The minimum atomic E-state index is -6.49. The van der Waals surface area contributed by atoms with E-state index in [9.17, 15) is 35.3 Å². The van der Waals surface area contributed by atoms with Crippen LogP contribution in [-0.2, 0) is 19.6 Å². The van der Waals surface area contributed by atoms with Crippen molar-refractivity contribution in [3.63, 3.8) is 0 Å². The fourth-order valence-electron chi connectivity index (χ4n) is 2.54. The SMILES string of the molecule is C=C(COCCCCC(F)(F)C(F)(F)S(=O)(=O)[O-])C(=O)Oc1ccc2ccccc2c1. The zero-order chi connectivity index (χ0) is 23.3. The third-order valence-electron chi connectivity index (χ3n) is 4.27. The smallest absolute Gasteiger partial charge is 0.396 e. The number of carbonyl (C=O) groups excluding carboxylic acids is 1. The van der Waals surface area contributed by atoms with Gasteiger partial charge in [-0.3, -0.25) is 0 Å². The first-order chi connectivity index (χ1) is 14.3. The predicted molar refractivity (Wildman–Crippen MR) is 103 cm³/mol. The monoisotopic (exact) mass is 463 g/mol. The van der Waals surface area contributed by atoms with Gasteiger partial charge in [0, 0.05) is 13.0 Å². The summed E-state index contributed by atoms with van der Waals surface area (Å²) in [6.45, 7) is 3.04. The Labute approximate surface area is 176 Å². The van der Waals surface area contributed by atoms with Gasteiger partial charge in [0.1, 0.15) is 5.75 Å². The average Bonchev–Trinajstić information content (AvgIpc) is 2.69. The minimum Gasteiger partial charge on any atom is -0.743 e. The Morgan fingerprint density at radius 1 is 1.03 bits per heavy atom. The first-order valence-electron chi connectivity index (χ1n) is 9.03. The molecule has 0 atom stereocenters. The van der Waals surface area contributed by atoms with Crippen LogP contribution in [0.3, 0.4) is 0 Å². The molecule has 0 aliphatic heterocycles. The maximum atomic E-state index is 13.3. The molecule has 0 aromatic heterocycles. The predicted octanol–water partition coefficient (Wildman–Crippen LogP) is 4.26. The summed E-state index contributed by atoms with van der Waals surface area (Å²) in [4.78, 5) is 12.0. The molecule has 0 saturated carbocycles. The Morgan fingerprint density at radius 2 is 1.68 bits per heavy atom. The number of benzene rings is 2. The molecular formula is C20H19F4O6S-. The van der Waals surface area contributed by atoms with Crippen molar-refractivity contribution in [3.8, 4) is 5.75 Å². The van der Waals surface area contributed by atoms with Crippen LogP contribution in [0, 0.1) is 0 Å². The van der Waals surface area contributed by atoms with Gasteiger partial charge in [-0.15, -0.1) is 0 Å². The Bertz CT molecular complexity index is 1050. The van der Waals surface area contributed by atoms with Crippen molar-refractivity contribution in [1.29, 1.82) is 0 Å². The third kappa shape index (κ3) is 6.25. The molecule has 2 aromatic carbocycles. The summed E-state index contributed by atoms with van der Waals surface area (Å²) in [6.07, 6.45) is -2.19. The van der Waals surface area contributed by atoms with Gasteiger partial charge in [0.25, 0.3) is 0 Å². The van der Waals surface area contributed by atoms with Crippen LogP contribution in [0.25, 0.3) is 10.8 Å². The van der Waals surface area contributed by atoms with Gasteiger partial charge in [-0.25, -0.2) is 13.2 Å². The maximum Gasteiger partial charge on any atom is 0.396 e. The number of alkyl halides is 4. The van der Waals surface area contributed by atoms with E-state index in [1.165, 1.54) is 0 Å². The standard InChI is InChI=1S/C20H20F4O6S/c1-14(18(25)30-17-9-8-15-6-2-3-7-16(15)12-17)13-29-11-5-4-10-19(21,22)20(23,24)31(26,27)28/h2-3,6-9,12H,1,4-5,10-11,13H2,(H,26,27,28)/p-1. The van der Waals surface area contributed by atoms with Crippen LogP contribution < -0.4 is 4.74 Å². The molecule has 0 aliphatic carbocycles. The maximum absolute atomic E-state index is 13.3. The van der Waals surface area contributed by atoms with Crippen molar-refractivity contribution in [2.45, 2.75) is 30.4 Å². The number of halogens is 4. The van der Waals surface area contributed by atoms with E-state index < -0.39 is 40.1 Å². The lowest BCUT2D eigenvalue weighted by Crippen LogP contribution is -2.46. The summed E-state index contributed by atoms with van der Waals surface area (Å²) < 4.78 is 93.8. The lowest BCUT2D eigenvalue weighted by Gasteiger charge is -2.28. The van der Waals surface area contributed by atoms with Gasteiger partial charge >= 0.3 is 17.1 Å². The van der Waals surface area contributed by atoms with Crippen LogP contribution in [0.15, 0.2) is 54.6 Å². The largest absolute Gasteiger partial charge is 0.743 e. The zero-order valence-electron chi connectivity index (χ0n) is 16.2. The van der Waals surface area contributed by atoms with Crippen molar-refractivity contribution in [1.82, 2.24) is 0 Å². The van der Waals surface area contributed by atoms with Gasteiger partial charge in [0.15, 0.2) is 10.1 Å². The van der Waals surface area contributed by atoms with Gasteiger partial charge in [-0.1, -0.05) is 36.9 Å². The molecule has 0 unspecified atom stereocenters. The number of unbranched alkanes of at least 4 members (excludes halogenated alkanes) is 1. The summed E-state index contributed by atoms with van der Waals surface area (Å²) in [7, 11) is -6.49. The number of ether oxygens (including phenoxy) is 2. The number of carbonyl (C=O) groups is 1. The third-order valence-corrected chi connectivity index (χ3v) is 5.19. The zero-order valence-corrected chi connectivity index (χ0v) is 17.0. The molecule has 0 aliphatic rings. The molecule has 0 radical (unpaired) electrons. The van der Waals surface area contributed by atoms with Gasteiger partial charge < -0.3 is 14.0 Å². The second-order valence-electron chi connectivity index (χ2n) is 6.69. The van der Waals surface area contributed by atoms with Crippen LogP contribution in [0.4, 0.5) is 17.6 Å². The van der Waals surface area contributed by atoms with Crippen molar-refractivity contribution >= 4 is 26.9 Å². The summed E-state index contributed by atoms with van der Waals surface area (Å²) >= 11 is 0. The molecule has 11 heteroatoms. The molecule has 31 heavy (non-hydrogen) atoms. The quantitative estimate of drug-likeness (QED) is 0.123. The van der Waals surface area contributed by atoms with E-state index in [4.69, 9.17) is 9.47 Å². The molecule has 0 fully saturated rings. The van der Waals surface area contributed by atoms with E-state index in [2.05, 4.69) is 6.58 Å². The Balaban J connectivity index is 1.73. The molecule has 0 amide bonds. The topological polar surface area (TPSA) is 92.7 Å². The van der Waals surface area contributed by atoms with Crippen LogP contribution in [0.5, 0.6) is 5.75 Å². The molecule has 2 rings (SSSR count). The number of hydrogen-bond acceptors (Lipinski definition) is 6. The van der Waals surface area contributed by atoms with Gasteiger partial charge in [0.2, 0.25) is 0 Å². The highest BCUT2D eigenvalue weighted by Crippen LogP contribution is 2.41. The van der Waals surface area contributed by atoms with Gasteiger partial charge in [-0.2, -0.15) is 17.6 Å². The molecule has 0 bridgehead atoms. The summed E-state index contributed by atoms with van der Waals surface area (Å²) in [5.41, 5.74) is -0.0533. The lowest BCUT2D eigenvalue weighted by molar-refractivity contribution is -0.165. The molecule has 0 N–H and O–H groups in total. The fourth-order valence-corrected chi connectivity index (χ4v) is 3.01. The molecule has 2 aromatic rings. The van der Waals surface area contributed by atoms with Crippen LogP contribution in [-0.4, -0.2) is 43.3 Å². The highest BCUT2D eigenvalue weighted by atomic mass is 32.2. The summed E-state index contributed by atoms with van der Waals surface area (Å²) in [5, 5.41) is -3.87. The van der Waals surface area contributed by atoms with Crippen LogP contribution in [0.2, 0.25) is 0 Å². The molecule has 6 nitrogen and oxygen atoms in total. The normalized spacial score (nSPS) is 12.7. The van der Waals surface area contributed by atoms with Crippen LogP contribution >= 0.6 is 0 Å². The Hall–Kier alpha value is -2.50. The molecule has 0 saturated heterocycles. The van der Waals surface area contributed by atoms with E-state index >= 15 is 0 Å². The highest BCUT2D eigenvalue weighted by Gasteiger charge is 2.60. The minimum absolute atomic E-state index is 0.0533.